The van der Waals surface area contributed by atoms with Crippen LogP contribution < -0.4 is 10.6 Å². The Labute approximate surface area is 104 Å². The summed E-state index contributed by atoms with van der Waals surface area (Å²) >= 11 is 0. The number of carbonyl (C=O) groups is 2. The highest BCUT2D eigenvalue weighted by Crippen LogP contribution is 1.99. The summed E-state index contributed by atoms with van der Waals surface area (Å²) in [5.74, 6) is -0.534. The number of carbonyl (C=O) groups excluding carboxylic acids is 1. The third kappa shape index (κ3) is 4.81. The normalized spacial score (nSPS) is 11.9. The number of carboxylic acids is 1. The van der Waals surface area contributed by atoms with Crippen LogP contribution in [0.3, 0.4) is 0 Å². The van der Waals surface area contributed by atoms with Crippen LogP contribution in [0.15, 0.2) is 4.52 Å². The third-order valence-corrected chi connectivity index (χ3v) is 2.26. The van der Waals surface area contributed by atoms with Gasteiger partial charge in [-0.25, -0.2) is 4.79 Å². The van der Waals surface area contributed by atoms with Gasteiger partial charge in [-0.05, 0) is 6.42 Å². The van der Waals surface area contributed by atoms with Crippen LogP contribution >= 0.6 is 0 Å². The van der Waals surface area contributed by atoms with Crippen LogP contribution in [0.2, 0.25) is 0 Å². The molecule has 0 aliphatic heterocycles. The van der Waals surface area contributed by atoms with E-state index < -0.39 is 17.9 Å². The number of urea groups is 1. The van der Waals surface area contributed by atoms with E-state index in [2.05, 4.69) is 20.8 Å². The highest BCUT2D eigenvalue weighted by Gasteiger charge is 2.11. The molecule has 8 nitrogen and oxygen atoms in total. The van der Waals surface area contributed by atoms with E-state index in [1.54, 1.807) is 13.8 Å². The fourth-order valence-electron chi connectivity index (χ4n) is 1.16. The van der Waals surface area contributed by atoms with E-state index in [-0.39, 0.29) is 6.54 Å². The van der Waals surface area contributed by atoms with Crippen molar-refractivity contribution in [3.05, 3.63) is 11.7 Å². The smallest absolute Gasteiger partial charge is 0.315 e. The highest BCUT2D eigenvalue weighted by atomic mass is 16.5. The van der Waals surface area contributed by atoms with Gasteiger partial charge >= 0.3 is 12.0 Å². The van der Waals surface area contributed by atoms with E-state index in [1.165, 1.54) is 0 Å². The Kier molecular flexibility index (Phi) is 5.09. The summed E-state index contributed by atoms with van der Waals surface area (Å²) in [5.41, 5.74) is 0. The van der Waals surface area contributed by atoms with E-state index in [9.17, 15) is 9.59 Å². The van der Waals surface area contributed by atoms with E-state index in [0.29, 0.717) is 24.7 Å². The maximum atomic E-state index is 11.3. The molecule has 1 unspecified atom stereocenters. The van der Waals surface area contributed by atoms with E-state index in [4.69, 9.17) is 9.63 Å². The number of rotatable bonds is 6. The van der Waals surface area contributed by atoms with Gasteiger partial charge in [0.25, 0.3) is 0 Å². The summed E-state index contributed by atoms with van der Waals surface area (Å²) in [4.78, 5) is 25.8. The summed E-state index contributed by atoms with van der Waals surface area (Å²) in [7, 11) is 0. The number of aryl methyl sites for hydroxylation is 1. The number of aromatic nitrogens is 2. The minimum Gasteiger partial charge on any atom is -0.481 e. The predicted molar refractivity (Wildman–Crippen MR) is 60.7 cm³/mol. The molecule has 0 aliphatic carbocycles. The quantitative estimate of drug-likeness (QED) is 0.673. The molecule has 100 valence electrons. The first-order chi connectivity index (χ1) is 8.49. The topological polar surface area (TPSA) is 117 Å². The Morgan fingerprint density at radius 2 is 2.17 bits per heavy atom. The van der Waals surface area contributed by atoms with Gasteiger partial charge in [0, 0.05) is 13.5 Å². The van der Waals surface area contributed by atoms with Gasteiger partial charge in [0.2, 0.25) is 5.89 Å². The van der Waals surface area contributed by atoms with Gasteiger partial charge in [0.15, 0.2) is 5.82 Å². The Bertz CT molecular complexity index is 418. The molecule has 0 aliphatic rings. The number of hydrogen-bond acceptors (Lipinski definition) is 5. The van der Waals surface area contributed by atoms with Crippen LogP contribution in [-0.4, -0.2) is 33.8 Å². The summed E-state index contributed by atoms with van der Waals surface area (Å²) < 4.78 is 4.74. The molecule has 0 spiro atoms. The lowest BCUT2D eigenvalue weighted by atomic mass is 10.1. The first kappa shape index (κ1) is 13.9. The molecule has 0 fully saturated rings. The van der Waals surface area contributed by atoms with Crippen molar-refractivity contribution in [2.45, 2.75) is 26.8 Å². The average Bonchev–Trinajstić information content (AvgIpc) is 2.72. The van der Waals surface area contributed by atoms with Crippen LogP contribution in [0.25, 0.3) is 0 Å². The third-order valence-electron chi connectivity index (χ3n) is 2.26. The maximum absolute atomic E-state index is 11.3. The molecule has 0 saturated heterocycles. The van der Waals surface area contributed by atoms with Gasteiger partial charge < -0.3 is 20.3 Å². The molecule has 1 rings (SSSR count). The van der Waals surface area contributed by atoms with Crippen molar-refractivity contribution in [2.75, 3.05) is 6.54 Å². The number of amides is 2. The molecule has 18 heavy (non-hydrogen) atoms. The number of nitrogens with one attached hydrogen (secondary N) is 2. The number of hydrogen-bond donors (Lipinski definition) is 3. The van der Waals surface area contributed by atoms with E-state index in [0.717, 1.165) is 0 Å². The fraction of sp³-hybridized carbons (Fsp3) is 0.600. The molecule has 0 radical (unpaired) electrons. The molecular formula is C10H16N4O4. The molecule has 0 aromatic carbocycles. The molecule has 3 N–H and O–H groups in total. The minimum absolute atomic E-state index is 0.164. The van der Waals surface area contributed by atoms with E-state index in [1.807, 2.05) is 0 Å². The summed E-state index contributed by atoms with van der Waals surface area (Å²) in [6.45, 7) is 3.70. The second kappa shape index (κ2) is 6.58. The van der Waals surface area contributed by atoms with Gasteiger partial charge in [-0.3, -0.25) is 4.79 Å². The first-order valence-corrected chi connectivity index (χ1v) is 5.52. The summed E-state index contributed by atoms with van der Waals surface area (Å²) in [5, 5.41) is 17.3. The molecule has 2 amide bonds. The standard InChI is InChI=1S/C10H16N4O4/c1-6(9(15)16)3-4-11-10(17)12-5-8-13-7(2)18-14-8/h6H,3-5H2,1-2H3,(H,15,16)(H2,11,12,17). The zero-order valence-corrected chi connectivity index (χ0v) is 10.3. The van der Waals surface area contributed by atoms with Gasteiger partial charge in [-0.1, -0.05) is 12.1 Å². The zero-order valence-electron chi connectivity index (χ0n) is 10.3. The SMILES string of the molecule is Cc1nc(CNC(=O)NCCC(C)C(=O)O)no1. The Morgan fingerprint density at radius 1 is 1.44 bits per heavy atom. The Balaban J connectivity index is 2.16. The average molecular weight is 256 g/mol. The van der Waals surface area contributed by atoms with Gasteiger partial charge in [-0.15, -0.1) is 0 Å². The number of carboxylic acid groups (broad SMARTS) is 1. The lowest BCUT2D eigenvalue weighted by Gasteiger charge is -2.08. The number of aliphatic carboxylic acids is 1. The summed E-state index contributed by atoms with van der Waals surface area (Å²) in [6, 6.07) is -0.393. The van der Waals surface area contributed by atoms with Crippen molar-refractivity contribution < 1.29 is 19.2 Å². The molecule has 1 aromatic rings. The Morgan fingerprint density at radius 3 is 2.72 bits per heavy atom. The monoisotopic (exact) mass is 256 g/mol. The zero-order chi connectivity index (χ0) is 13.5. The van der Waals surface area contributed by atoms with Crippen molar-refractivity contribution in [3.63, 3.8) is 0 Å². The lowest BCUT2D eigenvalue weighted by molar-refractivity contribution is -0.141. The number of nitrogens with zero attached hydrogens (tertiary/aromatic N) is 2. The van der Waals surface area contributed by atoms with Crippen LogP contribution in [0.4, 0.5) is 4.79 Å². The fourth-order valence-corrected chi connectivity index (χ4v) is 1.16. The van der Waals surface area contributed by atoms with Crippen molar-refractivity contribution in [3.8, 4) is 0 Å². The molecule has 1 aromatic heterocycles. The van der Waals surface area contributed by atoms with Crippen molar-refractivity contribution in [1.82, 2.24) is 20.8 Å². The molecule has 0 saturated carbocycles. The molecule has 1 heterocycles. The molecule has 1 atom stereocenters. The van der Waals surface area contributed by atoms with Crippen molar-refractivity contribution in [2.24, 2.45) is 5.92 Å². The van der Waals surface area contributed by atoms with Crippen LogP contribution in [0.1, 0.15) is 25.1 Å². The van der Waals surface area contributed by atoms with Crippen molar-refractivity contribution in [1.29, 1.82) is 0 Å². The predicted octanol–water partition coefficient (Wildman–Crippen LogP) is 0.288. The van der Waals surface area contributed by atoms with Crippen molar-refractivity contribution >= 4 is 12.0 Å². The summed E-state index contributed by atoms with van der Waals surface area (Å²) in [6.07, 6.45) is 0.379. The largest absolute Gasteiger partial charge is 0.481 e. The first-order valence-electron chi connectivity index (χ1n) is 5.52. The lowest BCUT2D eigenvalue weighted by Crippen LogP contribution is -2.36. The second-order valence-corrected chi connectivity index (χ2v) is 3.87. The molecule has 0 bridgehead atoms. The Hall–Kier alpha value is -2.12. The van der Waals surface area contributed by atoms with Crippen LogP contribution in [-0.2, 0) is 11.3 Å². The van der Waals surface area contributed by atoms with Gasteiger partial charge in [0.05, 0.1) is 12.5 Å². The van der Waals surface area contributed by atoms with Crippen LogP contribution in [0, 0.1) is 12.8 Å². The maximum Gasteiger partial charge on any atom is 0.315 e. The van der Waals surface area contributed by atoms with Gasteiger partial charge in [0.1, 0.15) is 0 Å². The van der Waals surface area contributed by atoms with Gasteiger partial charge in [-0.2, -0.15) is 4.98 Å². The highest BCUT2D eigenvalue weighted by molar-refractivity contribution is 5.74. The van der Waals surface area contributed by atoms with Crippen LogP contribution in [0.5, 0.6) is 0 Å². The van der Waals surface area contributed by atoms with E-state index >= 15 is 0 Å². The molecule has 8 heteroatoms. The minimum atomic E-state index is -0.875. The second-order valence-electron chi connectivity index (χ2n) is 3.87. The molecular weight excluding hydrogens is 240 g/mol.